The normalized spacial score (nSPS) is 17.0. The van der Waals surface area contributed by atoms with E-state index in [2.05, 4.69) is 15.1 Å². The highest BCUT2D eigenvalue weighted by Gasteiger charge is 2.33. The predicted molar refractivity (Wildman–Crippen MR) is 170 cm³/mol. The molecule has 4 aromatic rings. The third kappa shape index (κ3) is 6.10. The number of fused-ring (bicyclic) bond motifs is 2. The minimum absolute atomic E-state index is 0.0254. The van der Waals surface area contributed by atoms with Crippen LogP contribution in [0.3, 0.4) is 0 Å². The number of anilines is 1. The van der Waals surface area contributed by atoms with Gasteiger partial charge < -0.3 is 34.7 Å². The lowest BCUT2D eigenvalue weighted by Gasteiger charge is -2.39. The number of carboxylic acids is 1. The number of methoxy groups -OCH3 is 1. The van der Waals surface area contributed by atoms with Crippen LogP contribution >= 0.6 is 0 Å². The molecule has 1 unspecified atom stereocenters. The minimum Gasteiger partial charge on any atom is -0.493 e. The zero-order valence-corrected chi connectivity index (χ0v) is 25.9. The van der Waals surface area contributed by atoms with Crippen molar-refractivity contribution in [1.29, 1.82) is 0 Å². The van der Waals surface area contributed by atoms with Gasteiger partial charge in [-0.05, 0) is 57.0 Å². The molecule has 2 aliphatic rings. The van der Waals surface area contributed by atoms with Crippen molar-refractivity contribution >= 4 is 45.2 Å². The molecule has 1 atom stereocenters. The molecule has 3 heterocycles. The zero-order valence-electron chi connectivity index (χ0n) is 25.9. The molecule has 0 spiro atoms. The number of aliphatic carboxylic acids is 1. The first-order valence-electron chi connectivity index (χ1n) is 15.3. The Kier molecular flexibility index (Phi) is 8.57. The van der Waals surface area contributed by atoms with E-state index in [0.29, 0.717) is 30.7 Å². The van der Waals surface area contributed by atoms with E-state index < -0.39 is 35.5 Å². The van der Waals surface area contributed by atoms with Gasteiger partial charge in [0.25, 0.3) is 0 Å². The molecule has 2 fully saturated rings. The van der Waals surface area contributed by atoms with Gasteiger partial charge in [0.1, 0.15) is 11.5 Å². The van der Waals surface area contributed by atoms with Crippen LogP contribution in [0.5, 0.6) is 11.6 Å². The molecule has 2 aromatic carbocycles. The molecule has 1 saturated heterocycles. The lowest BCUT2D eigenvalue weighted by atomic mass is 10.0. The standard InChI is InChI=1S/C32H35F2N7O6/c1-38(10-11-40-24-8-5-18(33)13-21(24)26(31(40)45)36-37-32(35)46)20-4-3-9-39(16-20)28-23(34)14-22-27(30(28)47-2)41(19-6-7-19)15-17(29(22)44)12-25(42)43/h5,8,13-15,19-20,45H,3-4,6-7,9-12,16H2,1-2H3,(H2,35,46)(H,42,43). The number of benzene rings is 2. The van der Waals surface area contributed by atoms with Crippen molar-refractivity contribution < 1.29 is 33.3 Å². The van der Waals surface area contributed by atoms with Crippen LogP contribution in [0.25, 0.3) is 21.8 Å². The Morgan fingerprint density at radius 1 is 1.17 bits per heavy atom. The number of likely N-dealkylation sites (N-methyl/N-ethyl adjacent to an activating group) is 1. The maximum atomic E-state index is 16.0. The Morgan fingerprint density at radius 2 is 1.94 bits per heavy atom. The second kappa shape index (κ2) is 12.6. The third-order valence-corrected chi connectivity index (χ3v) is 8.99. The Hall–Kier alpha value is -5.05. The van der Waals surface area contributed by atoms with Crippen molar-refractivity contribution in [2.45, 2.75) is 50.7 Å². The van der Waals surface area contributed by atoms with E-state index in [-0.39, 0.29) is 58.0 Å². The van der Waals surface area contributed by atoms with E-state index >= 15 is 4.39 Å². The van der Waals surface area contributed by atoms with Crippen LogP contribution in [0.2, 0.25) is 0 Å². The van der Waals surface area contributed by atoms with Crippen LogP contribution in [-0.2, 0) is 17.8 Å². The molecule has 47 heavy (non-hydrogen) atoms. The van der Waals surface area contributed by atoms with Crippen LogP contribution in [0.1, 0.15) is 37.3 Å². The van der Waals surface area contributed by atoms with Crippen LogP contribution in [0.4, 0.5) is 25.0 Å². The van der Waals surface area contributed by atoms with Gasteiger partial charge >= 0.3 is 12.0 Å². The van der Waals surface area contributed by atoms with Crippen molar-refractivity contribution in [3.8, 4) is 11.6 Å². The summed E-state index contributed by atoms with van der Waals surface area (Å²) < 4.78 is 39.3. The fourth-order valence-electron chi connectivity index (χ4n) is 6.60. The molecule has 1 aliphatic carbocycles. The Morgan fingerprint density at radius 3 is 2.62 bits per heavy atom. The van der Waals surface area contributed by atoms with Gasteiger partial charge in [0.15, 0.2) is 22.7 Å². The molecule has 1 saturated carbocycles. The molecule has 15 heteroatoms. The average Bonchev–Trinajstić information content (AvgIpc) is 3.84. The van der Waals surface area contributed by atoms with Gasteiger partial charge in [-0.25, -0.2) is 13.6 Å². The molecular formula is C32H35F2N7O6. The Labute approximate surface area is 267 Å². The monoisotopic (exact) mass is 651 g/mol. The first-order chi connectivity index (χ1) is 22.5. The van der Waals surface area contributed by atoms with E-state index in [9.17, 15) is 29.0 Å². The quantitative estimate of drug-likeness (QED) is 0.208. The SMILES string of the molecule is COc1c(N2CCCC(N(C)CCn3c(O)c(N=NC(N)=O)c4cc(F)ccc43)C2)c(F)cc2c(=O)c(CC(=O)O)cn(C3CC3)c12. The van der Waals surface area contributed by atoms with Crippen molar-refractivity contribution in [1.82, 2.24) is 14.0 Å². The molecule has 1 aliphatic heterocycles. The number of ether oxygens (including phenoxy) is 1. The van der Waals surface area contributed by atoms with Crippen LogP contribution < -0.4 is 20.8 Å². The number of hydrogen-bond acceptors (Lipinski definition) is 8. The molecule has 13 nitrogen and oxygen atoms in total. The van der Waals surface area contributed by atoms with Crippen molar-refractivity contribution in [3.63, 3.8) is 0 Å². The number of halogens is 2. The summed E-state index contributed by atoms with van der Waals surface area (Å²) in [5.74, 6) is -2.36. The summed E-state index contributed by atoms with van der Waals surface area (Å²) >= 11 is 0. The molecule has 248 valence electrons. The third-order valence-electron chi connectivity index (χ3n) is 8.99. The molecule has 0 bridgehead atoms. The second-order valence-corrected chi connectivity index (χ2v) is 12.1. The van der Waals surface area contributed by atoms with Crippen LogP contribution in [-0.4, -0.2) is 76.1 Å². The molecule has 6 rings (SSSR count). The van der Waals surface area contributed by atoms with Gasteiger partial charge in [-0.3, -0.25) is 14.5 Å². The summed E-state index contributed by atoms with van der Waals surface area (Å²) in [7, 11) is 3.36. The second-order valence-electron chi connectivity index (χ2n) is 12.1. The molecule has 2 amide bonds. The van der Waals surface area contributed by atoms with E-state index in [1.165, 1.54) is 31.4 Å². The summed E-state index contributed by atoms with van der Waals surface area (Å²) in [5, 5.41) is 27.7. The number of nitrogens with zero attached hydrogens (tertiary/aromatic N) is 6. The first kappa shape index (κ1) is 31.9. The predicted octanol–water partition coefficient (Wildman–Crippen LogP) is 4.67. The number of primary amides is 1. The fourth-order valence-corrected chi connectivity index (χ4v) is 6.60. The number of aromatic hydroxyl groups is 1. The first-order valence-corrected chi connectivity index (χ1v) is 15.3. The van der Waals surface area contributed by atoms with E-state index in [1.807, 2.05) is 16.5 Å². The van der Waals surface area contributed by atoms with Crippen LogP contribution in [0.15, 0.2) is 45.5 Å². The van der Waals surface area contributed by atoms with E-state index in [4.69, 9.17) is 10.5 Å². The van der Waals surface area contributed by atoms with Gasteiger partial charge in [-0.2, -0.15) is 0 Å². The summed E-state index contributed by atoms with van der Waals surface area (Å²) in [6.45, 7) is 1.73. The summed E-state index contributed by atoms with van der Waals surface area (Å²) in [6, 6.07) is 4.15. The average molecular weight is 652 g/mol. The van der Waals surface area contributed by atoms with Gasteiger partial charge in [0, 0.05) is 55.4 Å². The maximum Gasteiger partial charge on any atom is 0.356 e. The molecule has 4 N–H and O–H groups in total. The van der Waals surface area contributed by atoms with Gasteiger partial charge in [-0.15, -0.1) is 5.11 Å². The Bertz CT molecular complexity index is 1990. The highest BCUT2D eigenvalue weighted by atomic mass is 19.1. The number of hydrogen-bond donors (Lipinski definition) is 3. The summed E-state index contributed by atoms with van der Waals surface area (Å²) in [5.41, 5.74) is 5.78. The smallest absolute Gasteiger partial charge is 0.356 e. The minimum atomic E-state index is -1.14. The number of azo groups is 1. The number of carbonyl (C=O) groups is 2. The van der Waals surface area contributed by atoms with Crippen LogP contribution in [0, 0.1) is 11.6 Å². The lowest BCUT2D eigenvalue weighted by Crippen LogP contribution is -2.47. The zero-order chi connectivity index (χ0) is 33.6. The number of rotatable bonds is 10. The van der Waals surface area contributed by atoms with Crippen molar-refractivity contribution in [3.05, 3.63) is 57.9 Å². The number of amides is 2. The number of urea groups is 1. The number of nitrogens with two attached hydrogens (primary N) is 1. The van der Waals surface area contributed by atoms with E-state index in [0.717, 1.165) is 25.7 Å². The number of pyridine rings is 1. The van der Waals surface area contributed by atoms with Gasteiger partial charge in [-0.1, -0.05) is 5.11 Å². The highest BCUT2D eigenvalue weighted by molar-refractivity contribution is 5.95. The molecule has 0 radical (unpaired) electrons. The summed E-state index contributed by atoms with van der Waals surface area (Å²) in [4.78, 5) is 39.9. The molecule has 2 aromatic heterocycles. The van der Waals surface area contributed by atoms with E-state index in [1.54, 1.807) is 10.8 Å². The van der Waals surface area contributed by atoms with Gasteiger partial charge in [0.2, 0.25) is 5.88 Å². The van der Waals surface area contributed by atoms with Gasteiger partial charge in [0.05, 0.1) is 30.0 Å². The number of piperidine rings is 1. The molecular weight excluding hydrogens is 616 g/mol. The topological polar surface area (TPSA) is 168 Å². The number of carboxylic acid groups (broad SMARTS) is 1. The lowest BCUT2D eigenvalue weighted by molar-refractivity contribution is -0.136. The number of carbonyl (C=O) groups excluding carboxylic acids is 1. The van der Waals surface area contributed by atoms with Crippen molar-refractivity contribution in [2.24, 2.45) is 16.0 Å². The Balaban J connectivity index is 1.28. The highest BCUT2D eigenvalue weighted by Crippen LogP contribution is 2.44. The maximum absolute atomic E-state index is 16.0. The number of aromatic nitrogens is 2. The summed E-state index contributed by atoms with van der Waals surface area (Å²) in [6.07, 6.45) is 4.39. The van der Waals surface area contributed by atoms with Crippen molar-refractivity contribution in [2.75, 3.05) is 38.7 Å². The fraction of sp³-hybridized carbons (Fsp3) is 0.406. The largest absolute Gasteiger partial charge is 0.493 e.